The molecule has 154 valence electrons. The number of hydrogen-bond acceptors (Lipinski definition) is 0. The van der Waals surface area contributed by atoms with Crippen molar-refractivity contribution in [3.8, 4) is 0 Å². The Kier molecular flexibility index (Phi) is 7.12. The molecule has 1 aromatic carbocycles. The fraction of sp³-hybridized carbons (Fsp3) is 0.615. The highest BCUT2D eigenvalue weighted by molar-refractivity contribution is 5.77. The first kappa shape index (κ1) is 21.3. The van der Waals surface area contributed by atoms with Crippen LogP contribution < -0.4 is 0 Å². The van der Waals surface area contributed by atoms with Crippen molar-refractivity contribution in [2.75, 3.05) is 0 Å². The van der Waals surface area contributed by atoms with Crippen LogP contribution in [0.1, 0.15) is 82.8 Å². The molecule has 0 bridgehead atoms. The standard InChI is InChI=1S/C26H36F2/c1-4-7-19-9-13-22(14-10-19)24-18-17-21(6-3)25(26(24,27)28)23-15-11-20(8-5-2)12-16-23/h6,11-12,15-16,19,22,24H,3-5,7-10,13-14,17-18H2,1-2H3. The average Bonchev–Trinajstić information content (AvgIpc) is 2.69. The summed E-state index contributed by atoms with van der Waals surface area (Å²) < 4.78 is 31.7. The molecule has 2 aliphatic carbocycles. The van der Waals surface area contributed by atoms with E-state index >= 15 is 8.78 Å². The van der Waals surface area contributed by atoms with Gasteiger partial charge in [-0.25, -0.2) is 8.78 Å². The minimum atomic E-state index is -2.77. The third-order valence-corrected chi connectivity index (χ3v) is 7.03. The monoisotopic (exact) mass is 386 g/mol. The first-order valence-electron chi connectivity index (χ1n) is 11.3. The minimum Gasteiger partial charge on any atom is -0.201 e. The largest absolute Gasteiger partial charge is 0.277 e. The molecule has 2 aliphatic rings. The summed E-state index contributed by atoms with van der Waals surface area (Å²) in [6.07, 6.45) is 11.7. The Morgan fingerprint density at radius 2 is 1.68 bits per heavy atom. The van der Waals surface area contributed by atoms with Crippen LogP contribution in [0.5, 0.6) is 0 Å². The van der Waals surface area contributed by atoms with Gasteiger partial charge < -0.3 is 0 Å². The van der Waals surface area contributed by atoms with Crippen molar-refractivity contribution < 1.29 is 8.78 Å². The van der Waals surface area contributed by atoms with Gasteiger partial charge in [-0.3, -0.25) is 0 Å². The number of halogens is 2. The molecule has 0 radical (unpaired) electrons. The Hall–Kier alpha value is -1.44. The van der Waals surface area contributed by atoms with Crippen LogP contribution >= 0.6 is 0 Å². The third-order valence-electron chi connectivity index (χ3n) is 7.03. The molecular weight excluding hydrogens is 350 g/mol. The van der Waals surface area contributed by atoms with E-state index in [4.69, 9.17) is 0 Å². The highest BCUT2D eigenvalue weighted by Crippen LogP contribution is 2.53. The van der Waals surface area contributed by atoms with Gasteiger partial charge in [-0.15, -0.1) is 0 Å². The molecule has 0 N–H and O–H groups in total. The molecule has 0 spiro atoms. The molecule has 1 saturated carbocycles. The number of aryl methyl sites for hydroxylation is 1. The number of hydrogen-bond donors (Lipinski definition) is 0. The van der Waals surface area contributed by atoms with E-state index in [2.05, 4.69) is 20.4 Å². The van der Waals surface area contributed by atoms with E-state index in [0.29, 0.717) is 12.0 Å². The number of rotatable bonds is 7. The maximum atomic E-state index is 15.8. The molecule has 0 saturated heterocycles. The summed E-state index contributed by atoms with van der Waals surface area (Å²) in [4.78, 5) is 0. The lowest BCUT2D eigenvalue weighted by Gasteiger charge is -2.42. The molecule has 0 aliphatic heterocycles. The van der Waals surface area contributed by atoms with Gasteiger partial charge in [0.15, 0.2) is 0 Å². The molecule has 0 amide bonds. The van der Waals surface area contributed by atoms with Crippen LogP contribution in [0.3, 0.4) is 0 Å². The van der Waals surface area contributed by atoms with Crippen molar-refractivity contribution in [2.24, 2.45) is 17.8 Å². The van der Waals surface area contributed by atoms with Gasteiger partial charge in [0.25, 0.3) is 5.92 Å². The van der Waals surface area contributed by atoms with Crippen LogP contribution in [0.25, 0.3) is 5.57 Å². The predicted octanol–water partition coefficient (Wildman–Crippen LogP) is 8.23. The smallest absolute Gasteiger partial charge is 0.201 e. The van der Waals surface area contributed by atoms with E-state index in [0.717, 1.165) is 56.4 Å². The molecule has 1 atom stereocenters. The van der Waals surface area contributed by atoms with E-state index in [1.807, 2.05) is 24.3 Å². The summed E-state index contributed by atoms with van der Waals surface area (Å²) >= 11 is 0. The fourth-order valence-corrected chi connectivity index (χ4v) is 5.54. The molecule has 28 heavy (non-hydrogen) atoms. The van der Waals surface area contributed by atoms with Crippen molar-refractivity contribution >= 4 is 5.57 Å². The first-order valence-corrected chi connectivity index (χ1v) is 11.3. The van der Waals surface area contributed by atoms with Crippen molar-refractivity contribution in [3.63, 3.8) is 0 Å². The number of benzene rings is 1. The zero-order valence-corrected chi connectivity index (χ0v) is 17.7. The fourth-order valence-electron chi connectivity index (χ4n) is 5.54. The van der Waals surface area contributed by atoms with Gasteiger partial charge in [-0.2, -0.15) is 0 Å². The predicted molar refractivity (Wildman–Crippen MR) is 116 cm³/mol. The van der Waals surface area contributed by atoms with Gasteiger partial charge in [0.05, 0.1) is 0 Å². The maximum absolute atomic E-state index is 15.8. The van der Waals surface area contributed by atoms with Crippen LogP contribution in [-0.2, 0) is 6.42 Å². The Labute approximate surface area is 170 Å². The molecule has 0 aromatic heterocycles. The number of allylic oxidation sites excluding steroid dienone is 3. The zero-order valence-electron chi connectivity index (χ0n) is 17.7. The van der Waals surface area contributed by atoms with Crippen LogP contribution in [0.4, 0.5) is 8.78 Å². The van der Waals surface area contributed by atoms with Crippen molar-refractivity contribution in [2.45, 2.75) is 84.0 Å². The lowest BCUT2D eigenvalue weighted by Crippen LogP contribution is -2.40. The maximum Gasteiger partial charge on any atom is 0.277 e. The quantitative estimate of drug-likeness (QED) is 0.442. The Balaban J connectivity index is 1.84. The minimum absolute atomic E-state index is 0.156. The Morgan fingerprint density at radius 1 is 1.00 bits per heavy atom. The third kappa shape index (κ3) is 4.42. The van der Waals surface area contributed by atoms with E-state index in [-0.39, 0.29) is 11.5 Å². The van der Waals surface area contributed by atoms with Gasteiger partial charge in [-0.1, -0.05) is 82.9 Å². The van der Waals surface area contributed by atoms with Crippen LogP contribution in [0.15, 0.2) is 42.5 Å². The Morgan fingerprint density at radius 3 is 2.25 bits per heavy atom. The highest BCUT2D eigenvalue weighted by Gasteiger charge is 2.50. The van der Waals surface area contributed by atoms with Crippen molar-refractivity contribution in [1.29, 1.82) is 0 Å². The molecule has 0 heterocycles. The summed E-state index contributed by atoms with van der Waals surface area (Å²) in [6.45, 7) is 8.21. The second kappa shape index (κ2) is 9.37. The van der Waals surface area contributed by atoms with E-state index < -0.39 is 11.8 Å². The first-order chi connectivity index (χ1) is 13.5. The van der Waals surface area contributed by atoms with Crippen LogP contribution in [0, 0.1) is 17.8 Å². The molecular formula is C26H36F2. The molecule has 1 fully saturated rings. The zero-order chi connectivity index (χ0) is 20.1. The van der Waals surface area contributed by atoms with Gasteiger partial charge in [0.2, 0.25) is 0 Å². The molecule has 3 rings (SSSR count). The summed E-state index contributed by atoms with van der Waals surface area (Å²) in [7, 11) is 0. The molecule has 1 unspecified atom stereocenters. The molecule has 1 aromatic rings. The molecule has 0 nitrogen and oxygen atoms in total. The highest BCUT2D eigenvalue weighted by atomic mass is 19.3. The average molecular weight is 387 g/mol. The normalized spacial score (nSPS) is 27.6. The second-order valence-electron chi connectivity index (χ2n) is 8.89. The summed E-state index contributed by atoms with van der Waals surface area (Å²) in [5.74, 6) is -2.38. The summed E-state index contributed by atoms with van der Waals surface area (Å²) in [5.41, 5.74) is 2.89. The van der Waals surface area contributed by atoms with Gasteiger partial charge >= 0.3 is 0 Å². The van der Waals surface area contributed by atoms with Gasteiger partial charge in [0.1, 0.15) is 0 Å². The van der Waals surface area contributed by atoms with E-state index in [1.54, 1.807) is 6.08 Å². The number of alkyl halides is 2. The molecule has 2 heteroatoms. The van der Waals surface area contributed by atoms with Gasteiger partial charge in [-0.05, 0) is 60.6 Å². The lowest BCUT2D eigenvalue weighted by molar-refractivity contribution is -0.0449. The van der Waals surface area contributed by atoms with Crippen molar-refractivity contribution in [3.05, 3.63) is 53.6 Å². The van der Waals surface area contributed by atoms with Crippen LogP contribution in [-0.4, -0.2) is 5.92 Å². The van der Waals surface area contributed by atoms with E-state index in [1.165, 1.54) is 18.4 Å². The topological polar surface area (TPSA) is 0 Å². The second-order valence-corrected chi connectivity index (χ2v) is 8.89. The van der Waals surface area contributed by atoms with Crippen LogP contribution in [0.2, 0.25) is 0 Å². The van der Waals surface area contributed by atoms with Crippen molar-refractivity contribution in [1.82, 2.24) is 0 Å². The van der Waals surface area contributed by atoms with Gasteiger partial charge in [0, 0.05) is 11.5 Å². The Bertz CT molecular complexity index is 675. The summed E-state index contributed by atoms with van der Waals surface area (Å²) in [6, 6.07) is 7.83. The SMILES string of the molecule is C=CC1=C(c2ccc(CCC)cc2)C(F)(F)C(C2CCC(CCC)CC2)CC1. The van der Waals surface area contributed by atoms with E-state index in [9.17, 15) is 0 Å². The summed E-state index contributed by atoms with van der Waals surface area (Å²) in [5, 5.41) is 0. The lowest BCUT2D eigenvalue weighted by atomic mass is 9.66.